The van der Waals surface area contributed by atoms with Gasteiger partial charge in [-0.1, -0.05) is 35.4 Å². The zero-order valence-corrected chi connectivity index (χ0v) is 12.8. The van der Waals surface area contributed by atoms with Gasteiger partial charge in [0.2, 0.25) is 5.82 Å². The molecule has 0 saturated heterocycles. The highest BCUT2D eigenvalue weighted by atomic mass is 127. The highest BCUT2D eigenvalue weighted by Gasteiger charge is 2.22. The Morgan fingerprint density at radius 1 is 1.15 bits per heavy atom. The SMILES string of the molecule is O=C(NCCCCCCI)c1cc(F)c(F)c(O)c1F. The molecule has 0 atom stereocenters. The number of hydrogen-bond donors (Lipinski definition) is 2. The fourth-order valence-electron chi connectivity index (χ4n) is 1.63. The molecule has 0 spiro atoms. The van der Waals surface area contributed by atoms with E-state index < -0.39 is 34.7 Å². The van der Waals surface area contributed by atoms with Crippen LogP contribution in [0.1, 0.15) is 36.0 Å². The third-order valence-corrected chi connectivity index (χ3v) is 3.49. The molecular formula is C13H15F3INO2. The number of phenolic OH excluding ortho intramolecular Hbond substituents is 1. The Kier molecular flexibility index (Phi) is 7.11. The first-order valence-corrected chi connectivity index (χ1v) is 7.72. The molecule has 0 heterocycles. The van der Waals surface area contributed by atoms with Gasteiger partial charge in [-0.25, -0.2) is 8.78 Å². The normalized spacial score (nSPS) is 10.6. The van der Waals surface area contributed by atoms with Gasteiger partial charge in [-0.05, 0) is 23.3 Å². The third kappa shape index (κ3) is 4.53. The van der Waals surface area contributed by atoms with Gasteiger partial charge in [0.15, 0.2) is 17.4 Å². The fourth-order valence-corrected chi connectivity index (χ4v) is 2.17. The Balaban J connectivity index is 2.56. The minimum atomic E-state index is -1.70. The second-order valence-corrected chi connectivity index (χ2v) is 5.32. The molecule has 0 bridgehead atoms. The number of carbonyl (C=O) groups is 1. The van der Waals surface area contributed by atoms with Gasteiger partial charge in [0.25, 0.3) is 5.91 Å². The van der Waals surface area contributed by atoms with Crippen molar-refractivity contribution in [2.75, 3.05) is 11.0 Å². The lowest BCUT2D eigenvalue weighted by molar-refractivity contribution is 0.0947. The zero-order valence-electron chi connectivity index (χ0n) is 10.7. The number of hydrogen-bond acceptors (Lipinski definition) is 2. The van der Waals surface area contributed by atoms with Crippen molar-refractivity contribution in [2.45, 2.75) is 25.7 Å². The minimum Gasteiger partial charge on any atom is -0.503 e. The summed E-state index contributed by atoms with van der Waals surface area (Å²) >= 11 is 2.28. The van der Waals surface area contributed by atoms with Crippen LogP contribution in [0, 0.1) is 17.5 Å². The quantitative estimate of drug-likeness (QED) is 0.318. The summed E-state index contributed by atoms with van der Waals surface area (Å²) in [4.78, 5) is 11.6. The van der Waals surface area contributed by atoms with E-state index in [0.717, 1.165) is 30.1 Å². The highest BCUT2D eigenvalue weighted by Crippen LogP contribution is 2.25. The molecule has 3 nitrogen and oxygen atoms in total. The zero-order chi connectivity index (χ0) is 15.1. The number of amides is 1. The Morgan fingerprint density at radius 2 is 1.80 bits per heavy atom. The van der Waals surface area contributed by atoms with Crippen molar-refractivity contribution in [1.82, 2.24) is 5.32 Å². The van der Waals surface area contributed by atoms with E-state index >= 15 is 0 Å². The number of unbranched alkanes of at least 4 members (excludes halogenated alkanes) is 3. The number of nitrogens with one attached hydrogen (secondary N) is 1. The van der Waals surface area contributed by atoms with E-state index in [0.29, 0.717) is 12.6 Å². The molecule has 1 amide bonds. The molecule has 0 aliphatic heterocycles. The molecule has 20 heavy (non-hydrogen) atoms. The van der Waals surface area contributed by atoms with Crippen LogP contribution in [0.3, 0.4) is 0 Å². The van der Waals surface area contributed by atoms with Gasteiger partial charge in [-0.3, -0.25) is 4.79 Å². The van der Waals surface area contributed by atoms with Crippen molar-refractivity contribution in [3.63, 3.8) is 0 Å². The molecule has 0 unspecified atom stereocenters. The molecular weight excluding hydrogens is 386 g/mol. The first-order chi connectivity index (χ1) is 9.49. The average Bonchev–Trinajstić information content (AvgIpc) is 2.44. The van der Waals surface area contributed by atoms with Crippen molar-refractivity contribution in [2.24, 2.45) is 0 Å². The van der Waals surface area contributed by atoms with Gasteiger partial charge in [0.05, 0.1) is 5.56 Å². The van der Waals surface area contributed by atoms with E-state index in [-0.39, 0.29) is 0 Å². The van der Waals surface area contributed by atoms with Gasteiger partial charge in [0, 0.05) is 6.54 Å². The summed E-state index contributed by atoms with van der Waals surface area (Å²) in [6, 6.07) is 0.440. The smallest absolute Gasteiger partial charge is 0.254 e. The monoisotopic (exact) mass is 401 g/mol. The maximum atomic E-state index is 13.5. The van der Waals surface area contributed by atoms with Crippen molar-refractivity contribution < 1.29 is 23.1 Å². The number of aromatic hydroxyl groups is 1. The molecule has 112 valence electrons. The molecule has 1 rings (SSSR count). The van der Waals surface area contributed by atoms with Gasteiger partial charge in [0.1, 0.15) is 0 Å². The summed E-state index contributed by atoms with van der Waals surface area (Å²) in [5.74, 6) is -6.96. The van der Waals surface area contributed by atoms with E-state index in [4.69, 9.17) is 5.11 Å². The van der Waals surface area contributed by atoms with Crippen LogP contribution in [0.2, 0.25) is 0 Å². The van der Waals surface area contributed by atoms with Crippen molar-refractivity contribution >= 4 is 28.5 Å². The first-order valence-electron chi connectivity index (χ1n) is 6.19. The lowest BCUT2D eigenvalue weighted by Crippen LogP contribution is -2.25. The third-order valence-electron chi connectivity index (χ3n) is 2.72. The molecule has 0 aromatic heterocycles. The molecule has 0 radical (unpaired) electrons. The van der Waals surface area contributed by atoms with Crippen molar-refractivity contribution in [3.05, 3.63) is 29.1 Å². The van der Waals surface area contributed by atoms with Crippen LogP contribution in [0.4, 0.5) is 13.2 Å². The maximum absolute atomic E-state index is 13.5. The van der Waals surface area contributed by atoms with E-state index in [1.807, 2.05) is 0 Å². The largest absolute Gasteiger partial charge is 0.503 e. The van der Waals surface area contributed by atoms with Crippen LogP contribution in [0.25, 0.3) is 0 Å². The van der Waals surface area contributed by atoms with E-state index in [2.05, 4.69) is 27.9 Å². The fraction of sp³-hybridized carbons (Fsp3) is 0.462. The average molecular weight is 401 g/mol. The van der Waals surface area contributed by atoms with E-state index in [9.17, 15) is 18.0 Å². The lowest BCUT2D eigenvalue weighted by atomic mass is 10.1. The topological polar surface area (TPSA) is 49.3 Å². The Morgan fingerprint density at radius 3 is 2.45 bits per heavy atom. The van der Waals surface area contributed by atoms with Crippen LogP contribution in [0.15, 0.2) is 6.07 Å². The standard InChI is InChI=1S/C13H15F3INO2/c14-9-7-8(10(15)12(19)11(9)16)13(20)18-6-4-2-1-3-5-17/h7,19H,1-6H2,(H,18,20). The second-order valence-electron chi connectivity index (χ2n) is 4.24. The summed E-state index contributed by atoms with van der Waals surface area (Å²) in [5, 5.41) is 11.4. The number of carbonyl (C=O) groups excluding carboxylic acids is 1. The molecule has 1 aromatic carbocycles. The first kappa shape index (κ1) is 17.1. The van der Waals surface area contributed by atoms with Crippen LogP contribution < -0.4 is 5.32 Å². The van der Waals surface area contributed by atoms with E-state index in [1.165, 1.54) is 0 Å². The summed E-state index contributed by atoms with van der Waals surface area (Å²) < 4.78 is 40.4. The molecule has 0 fully saturated rings. The maximum Gasteiger partial charge on any atom is 0.254 e. The van der Waals surface area contributed by atoms with Crippen LogP contribution >= 0.6 is 22.6 Å². The molecule has 7 heteroatoms. The van der Waals surface area contributed by atoms with Crippen molar-refractivity contribution in [1.29, 1.82) is 0 Å². The Bertz CT molecular complexity index is 483. The van der Waals surface area contributed by atoms with Gasteiger partial charge in [-0.2, -0.15) is 4.39 Å². The van der Waals surface area contributed by atoms with Crippen LogP contribution in [0.5, 0.6) is 5.75 Å². The number of rotatable bonds is 7. The predicted octanol–water partition coefficient (Wildman–Crippen LogP) is 3.53. The predicted molar refractivity (Wildman–Crippen MR) is 77.7 cm³/mol. The second kappa shape index (κ2) is 8.33. The minimum absolute atomic E-state index is 0.319. The molecule has 0 aliphatic rings. The van der Waals surface area contributed by atoms with Crippen molar-refractivity contribution in [3.8, 4) is 5.75 Å². The molecule has 1 aromatic rings. The van der Waals surface area contributed by atoms with E-state index in [1.54, 1.807) is 0 Å². The Labute approximate surface area is 128 Å². The van der Waals surface area contributed by atoms with Gasteiger partial charge < -0.3 is 10.4 Å². The summed E-state index contributed by atoms with van der Waals surface area (Å²) in [5.41, 5.74) is -0.700. The lowest BCUT2D eigenvalue weighted by Gasteiger charge is -2.08. The summed E-state index contributed by atoms with van der Waals surface area (Å²) in [6.45, 7) is 0.319. The molecule has 0 saturated carbocycles. The summed E-state index contributed by atoms with van der Waals surface area (Å²) in [7, 11) is 0. The number of phenols is 1. The number of benzene rings is 1. The highest BCUT2D eigenvalue weighted by molar-refractivity contribution is 14.1. The summed E-state index contributed by atoms with van der Waals surface area (Å²) in [6.07, 6.45) is 3.79. The van der Waals surface area contributed by atoms with Crippen LogP contribution in [-0.4, -0.2) is 22.0 Å². The van der Waals surface area contributed by atoms with Gasteiger partial charge in [-0.15, -0.1) is 0 Å². The molecule has 0 aliphatic carbocycles. The van der Waals surface area contributed by atoms with Crippen LogP contribution in [-0.2, 0) is 0 Å². The Hall–Kier alpha value is -0.990. The van der Waals surface area contributed by atoms with Gasteiger partial charge >= 0.3 is 0 Å². The molecule has 2 N–H and O–H groups in total. The number of alkyl halides is 1. The number of halogens is 4.